The van der Waals surface area contributed by atoms with Crippen LogP contribution in [0.25, 0.3) is 6.08 Å². The standard InChI is InChI=1S/C20H19IN2O3S/c1-4-12-5-7-14(8-6-12)22-20-23-19(24)17(27-20)11-13-9-15(21)18(26-3)16(10-13)25-2/h5-11H,4H2,1-3H3,(H,22,23,24)/b17-11-. The molecule has 0 atom stereocenters. The van der Waals surface area contributed by atoms with Gasteiger partial charge in [0.1, 0.15) is 0 Å². The summed E-state index contributed by atoms with van der Waals surface area (Å²) in [7, 11) is 3.20. The van der Waals surface area contributed by atoms with E-state index in [0.717, 1.165) is 21.2 Å². The van der Waals surface area contributed by atoms with Crippen molar-refractivity contribution in [3.8, 4) is 11.5 Å². The Labute approximate surface area is 176 Å². The van der Waals surface area contributed by atoms with Crippen molar-refractivity contribution in [1.29, 1.82) is 0 Å². The third kappa shape index (κ3) is 4.65. The van der Waals surface area contributed by atoms with Crippen molar-refractivity contribution in [2.24, 2.45) is 4.99 Å². The van der Waals surface area contributed by atoms with E-state index in [-0.39, 0.29) is 5.91 Å². The Kier molecular flexibility index (Phi) is 6.43. The van der Waals surface area contributed by atoms with Crippen LogP contribution >= 0.6 is 34.4 Å². The molecule has 0 radical (unpaired) electrons. The molecule has 1 N–H and O–H groups in total. The first-order chi connectivity index (χ1) is 13.0. The first-order valence-electron chi connectivity index (χ1n) is 8.34. The summed E-state index contributed by atoms with van der Waals surface area (Å²) in [6.45, 7) is 2.11. The number of aryl methyl sites for hydroxylation is 1. The zero-order valence-electron chi connectivity index (χ0n) is 15.2. The van der Waals surface area contributed by atoms with E-state index in [1.165, 1.54) is 17.3 Å². The number of carbonyl (C=O) groups is 1. The lowest BCUT2D eigenvalue weighted by atomic mass is 10.2. The molecule has 0 bridgehead atoms. The van der Waals surface area contributed by atoms with Crippen molar-refractivity contribution in [1.82, 2.24) is 5.32 Å². The number of ether oxygens (including phenoxy) is 2. The second-order valence-corrected chi connectivity index (χ2v) is 7.93. The molecule has 1 fully saturated rings. The van der Waals surface area contributed by atoms with E-state index in [1.54, 1.807) is 14.2 Å². The van der Waals surface area contributed by atoms with Crippen molar-refractivity contribution in [2.75, 3.05) is 14.2 Å². The molecule has 0 saturated carbocycles. The topological polar surface area (TPSA) is 59.9 Å². The van der Waals surface area contributed by atoms with Crippen molar-refractivity contribution in [2.45, 2.75) is 13.3 Å². The van der Waals surface area contributed by atoms with Crippen molar-refractivity contribution >= 4 is 57.2 Å². The number of rotatable bonds is 5. The van der Waals surface area contributed by atoms with Crippen LogP contribution in [-0.4, -0.2) is 25.3 Å². The molecule has 0 aliphatic carbocycles. The number of hydrogen-bond donors (Lipinski definition) is 1. The molecular weight excluding hydrogens is 475 g/mol. The Hall–Kier alpha value is -2.00. The number of amides is 1. The number of nitrogens with one attached hydrogen (secondary N) is 1. The van der Waals surface area contributed by atoms with Gasteiger partial charge in [0.15, 0.2) is 16.7 Å². The van der Waals surface area contributed by atoms with Crippen LogP contribution in [0.15, 0.2) is 46.3 Å². The summed E-state index contributed by atoms with van der Waals surface area (Å²) in [5, 5.41) is 3.39. The molecule has 5 nitrogen and oxygen atoms in total. The number of carbonyl (C=O) groups excluding carboxylic acids is 1. The van der Waals surface area contributed by atoms with Gasteiger partial charge in [-0.15, -0.1) is 0 Å². The van der Waals surface area contributed by atoms with Crippen LogP contribution in [0.2, 0.25) is 0 Å². The Bertz CT molecular complexity index is 924. The third-order valence-corrected chi connectivity index (χ3v) is 5.69. The molecule has 1 amide bonds. The van der Waals surface area contributed by atoms with Gasteiger partial charge in [-0.05, 0) is 82.2 Å². The molecule has 1 heterocycles. The quantitative estimate of drug-likeness (QED) is 0.481. The monoisotopic (exact) mass is 494 g/mol. The fraction of sp³-hybridized carbons (Fsp3) is 0.200. The number of halogens is 1. The van der Waals surface area contributed by atoms with Gasteiger partial charge in [0.2, 0.25) is 0 Å². The number of thioether (sulfide) groups is 1. The number of amidine groups is 1. The maximum atomic E-state index is 12.3. The summed E-state index contributed by atoms with van der Waals surface area (Å²) in [6, 6.07) is 11.8. The molecule has 3 rings (SSSR count). The molecule has 2 aromatic carbocycles. The molecule has 2 aromatic rings. The highest BCUT2D eigenvalue weighted by Crippen LogP contribution is 2.35. The predicted octanol–water partition coefficient (Wildman–Crippen LogP) is 4.76. The second kappa shape index (κ2) is 8.79. The molecule has 0 unspecified atom stereocenters. The van der Waals surface area contributed by atoms with Crippen LogP contribution in [0, 0.1) is 3.57 Å². The lowest BCUT2D eigenvalue weighted by Crippen LogP contribution is -2.19. The summed E-state index contributed by atoms with van der Waals surface area (Å²) in [4.78, 5) is 17.4. The summed E-state index contributed by atoms with van der Waals surface area (Å²) in [5.41, 5.74) is 2.94. The van der Waals surface area contributed by atoms with E-state index in [0.29, 0.717) is 21.6 Å². The minimum Gasteiger partial charge on any atom is -0.493 e. The van der Waals surface area contributed by atoms with Gasteiger partial charge in [0.05, 0.1) is 28.4 Å². The lowest BCUT2D eigenvalue weighted by molar-refractivity contribution is -0.115. The SMILES string of the molecule is CCc1ccc(N=C2NC(=O)/C(=C/c3cc(I)c(OC)c(OC)c3)S2)cc1. The molecule has 0 aromatic heterocycles. The van der Waals surface area contributed by atoms with Gasteiger partial charge in [0, 0.05) is 0 Å². The van der Waals surface area contributed by atoms with Crippen molar-refractivity contribution < 1.29 is 14.3 Å². The van der Waals surface area contributed by atoms with Crippen molar-refractivity contribution in [3.63, 3.8) is 0 Å². The molecule has 1 aliphatic heterocycles. The number of benzene rings is 2. The predicted molar refractivity (Wildman–Crippen MR) is 119 cm³/mol. The first-order valence-corrected chi connectivity index (χ1v) is 10.2. The van der Waals surface area contributed by atoms with Crippen LogP contribution in [0.1, 0.15) is 18.1 Å². The van der Waals surface area contributed by atoms with Crippen LogP contribution in [-0.2, 0) is 11.2 Å². The van der Waals surface area contributed by atoms with Gasteiger partial charge in [-0.25, -0.2) is 4.99 Å². The van der Waals surface area contributed by atoms with Gasteiger partial charge >= 0.3 is 0 Å². The van der Waals surface area contributed by atoms with Crippen LogP contribution in [0.4, 0.5) is 5.69 Å². The number of nitrogens with zero attached hydrogens (tertiary/aromatic N) is 1. The molecule has 140 valence electrons. The fourth-order valence-corrected chi connectivity index (χ4v) is 4.26. The van der Waals surface area contributed by atoms with Gasteiger partial charge in [0.25, 0.3) is 5.91 Å². The molecule has 1 saturated heterocycles. The summed E-state index contributed by atoms with van der Waals surface area (Å²) < 4.78 is 11.6. The maximum absolute atomic E-state index is 12.3. The van der Waals surface area contributed by atoms with Gasteiger partial charge in [-0.1, -0.05) is 19.1 Å². The molecule has 27 heavy (non-hydrogen) atoms. The van der Waals surface area contributed by atoms with Gasteiger partial charge < -0.3 is 14.8 Å². The summed E-state index contributed by atoms with van der Waals surface area (Å²) in [5.74, 6) is 1.15. The maximum Gasteiger partial charge on any atom is 0.264 e. The average Bonchev–Trinajstić information content (AvgIpc) is 3.00. The first kappa shape index (κ1) is 19.8. The third-order valence-electron chi connectivity index (χ3n) is 3.98. The van der Waals surface area contributed by atoms with E-state index in [1.807, 2.05) is 42.5 Å². The average molecular weight is 494 g/mol. The number of hydrogen-bond acceptors (Lipinski definition) is 5. The summed E-state index contributed by atoms with van der Waals surface area (Å²) in [6.07, 6.45) is 2.81. The normalized spacial score (nSPS) is 16.7. The Morgan fingerprint density at radius 2 is 1.93 bits per heavy atom. The molecule has 7 heteroatoms. The van der Waals surface area contributed by atoms with Crippen molar-refractivity contribution in [3.05, 3.63) is 56.0 Å². The largest absolute Gasteiger partial charge is 0.493 e. The fourth-order valence-electron chi connectivity index (χ4n) is 2.58. The second-order valence-electron chi connectivity index (χ2n) is 5.74. The van der Waals surface area contributed by atoms with Gasteiger partial charge in [-0.3, -0.25) is 4.79 Å². The van der Waals surface area contributed by atoms with E-state index >= 15 is 0 Å². The Balaban J connectivity index is 1.84. The Morgan fingerprint density at radius 3 is 2.56 bits per heavy atom. The lowest BCUT2D eigenvalue weighted by Gasteiger charge is -2.10. The minimum absolute atomic E-state index is 0.159. The molecule has 1 aliphatic rings. The van der Waals surface area contributed by atoms with Crippen LogP contribution in [0.3, 0.4) is 0 Å². The molecular formula is C20H19IN2O3S. The zero-order valence-corrected chi connectivity index (χ0v) is 18.2. The highest BCUT2D eigenvalue weighted by atomic mass is 127. The number of aliphatic imine (C=N–C) groups is 1. The highest BCUT2D eigenvalue weighted by Gasteiger charge is 2.24. The van der Waals surface area contributed by atoms with E-state index < -0.39 is 0 Å². The van der Waals surface area contributed by atoms with Crippen LogP contribution in [0.5, 0.6) is 11.5 Å². The van der Waals surface area contributed by atoms with E-state index in [2.05, 4.69) is 39.8 Å². The summed E-state index contributed by atoms with van der Waals surface area (Å²) >= 11 is 3.51. The smallest absolute Gasteiger partial charge is 0.264 e. The number of methoxy groups -OCH3 is 2. The van der Waals surface area contributed by atoms with Gasteiger partial charge in [-0.2, -0.15) is 0 Å². The van der Waals surface area contributed by atoms with E-state index in [4.69, 9.17) is 9.47 Å². The minimum atomic E-state index is -0.159. The Morgan fingerprint density at radius 1 is 1.19 bits per heavy atom. The zero-order chi connectivity index (χ0) is 19.4. The highest BCUT2D eigenvalue weighted by molar-refractivity contribution is 14.1. The van der Waals surface area contributed by atoms with E-state index in [9.17, 15) is 4.79 Å². The van der Waals surface area contributed by atoms with Crippen LogP contribution < -0.4 is 14.8 Å². The molecule has 0 spiro atoms.